The molecule has 1 amide bonds. The number of carboxylic acids is 1. The highest BCUT2D eigenvalue weighted by Crippen LogP contribution is 2.68. The number of aromatic amines is 1. The van der Waals surface area contributed by atoms with Crippen molar-refractivity contribution in [2.45, 2.75) is 117 Å². The van der Waals surface area contributed by atoms with Crippen LogP contribution in [0.25, 0.3) is 27.9 Å². The van der Waals surface area contributed by atoms with E-state index in [4.69, 9.17) is 19.7 Å². The van der Waals surface area contributed by atoms with Crippen LogP contribution in [0.1, 0.15) is 130 Å². The third-order valence-corrected chi connectivity index (χ3v) is 19.1. The second kappa shape index (κ2) is 22.8. The smallest absolute Gasteiger partial charge is 0.478 e. The van der Waals surface area contributed by atoms with E-state index in [0.29, 0.717) is 52.7 Å². The van der Waals surface area contributed by atoms with Crippen molar-refractivity contribution in [2.75, 3.05) is 43.5 Å². The van der Waals surface area contributed by atoms with Crippen molar-refractivity contribution in [1.82, 2.24) is 29.4 Å². The number of allylic oxidation sites excluding steroid dienone is 2. The molecule has 9 rings (SSSR count). The van der Waals surface area contributed by atoms with Crippen LogP contribution in [0, 0.1) is 0 Å². The Balaban J connectivity index is 0.822. The molecule has 440 valence electrons. The zero-order valence-electron chi connectivity index (χ0n) is 46.2. The van der Waals surface area contributed by atoms with Gasteiger partial charge in [-0.3, -0.25) is 28.2 Å². The Morgan fingerprint density at radius 3 is 2.24 bits per heavy atom. The molecule has 0 saturated carbocycles. The Morgan fingerprint density at radius 2 is 1.55 bits per heavy atom. The van der Waals surface area contributed by atoms with Crippen LogP contribution >= 0.6 is 23.5 Å². The number of fused-ring (bicyclic) bond motifs is 5. The van der Waals surface area contributed by atoms with Gasteiger partial charge in [-0.1, -0.05) is 18.9 Å². The third-order valence-electron chi connectivity index (χ3n) is 14.8. The lowest BCUT2D eigenvalue weighted by Crippen LogP contribution is -2.49. The number of likely N-dealkylation sites (N-methyl/N-ethyl adjacent to an activating group) is 2. The number of H-pyrrole nitrogens is 1. The van der Waals surface area contributed by atoms with Crippen molar-refractivity contribution >= 4 is 74.9 Å². The number of hydrogen-bond donors (Lipinski definition) is 9. The van der Waals surface area contributed by atoms with Gasteiger partial charge in [0.2, 0.25) is 11.3 Å². The number of aliphatic hydroxyl groups is 2. The molecular formula is C53H66N8O18P3+. The maximum absolute atomic E-state index is 13.9. The number of aromatic carboxylic acids is 1. The molecule has 3 aromatic carbocycles. The normalized spacial score (nSPS) is 21.9. The lowest BCUT2D eigenvalue weighted by molar-refractivity contribution is -0.0503. The fourth-order valence-electron chi connectivity index (χ4n) is 11.3. The first-order valence-electron chi connectivity index (χ1n) is 26.4. The predicted octanol–water partition coefficient (Wildman–Crippen LogP) is 5.46. The number of hydrogen-bond acceptors (Lipinski definition) is 18. The molecular weight excluding hydrogens is 1130 g/mol. The number of carbonyl (C=O) groups excluding carboxylic acids is 1. The van der Waals surface area contributed by atoms with Crippen molar-refractivity contribution in [3.63, 3.8) is 0 Å². The van der Waals surface area contributed by atoms with Crippen molar-refractivity contribution in [3.05, 3.63) is 115 Å². The number of nitrogens with two attached hydrogens (primary N) is 1. The first-order valence-corrected chi connectivity index (χ1v) is 30.9. The monoisotopic (exact) mass is 1200 g/mol. The van der Waals surface area contributed by atoms with E-state index < -0.39 is 78.7 Å². The largest absolute Gasteiger partial charge is 0.490 e. The number of anilines is 2. The maximum atomic E-state index is 13.9. The molecule has 0 aliphatic carbocycles. The summed E-state index contributed by atoms with van der Waals surface area (Å²) in [6.07, 6.45) is 0.313. The molecule has 1 fully saturated rings. The van der Waals surface area contributed by atoms with Gasteiger partial charge >= 0.3 is 29.4 Å². The van der Waals surface area contributed by atoms with Gasteiger partial charge < -0.3 is 55.4 Å². The number of phosphoric acid groups is 3. The molecule has 0 radical (unpaired) electrons. The van der Waals surface area contributed by atoms with Gasteiger partial charge in [-0.2, -0.15) is 13.6 Å². The zero-order chi connectivity index (χ0) is 59.6. The van der Waals surface area contributed by atoms with Crippen LogP contribution in [-0.4, -0.2) is 124 Å². The molecule has 7 atom stereocenters. The lowest BCUT2D eigenvalue weighted by atomic mass is 9.83. The van der Waals surface area contributed by atoms with Gasteiger partial charge in [0.15, 0.2) is 22.9 Å². The highest BCUT2D eigenvalue weighted by Gasteiger charge is 2.48. The number of amides is 1. The quantitative estimate of drug-likeness (QED) is 0.0245. The minimum absolute atomic E-state index is 0.0123. The number of nitrogens with one attached hydrogen (secondary N) is 2. The van der Waals surface area contributed by atoms with Crippen LogP contribution in [-0.2, 0) is 36.1 Å². The number of nitrogens with zero attached hydrogens (tertiary/aromatic N) is 5. The number of nitrogen functional groups attached to an aromatic ring is 1. The summed E-state index contributed by atoms with van der Waals surface area (Å²) in [5.74, 6) is -0.844. The molecule has 0 spiro atoms. The first kappa shape index (κ1) is 60.4. The van der Waals surface area contributed by atoms with Crippen LogP contribution in [0.2, 0.25) is 0 Å². The fraction of sp³-hybridized carbons (Fsp3) is 0.434. The molecule has 6 heterocycles. The van der Waals surface area contributed by atoms with Gasteiger partial charge in [-0.05, 0) is 108 Å². The molecule has 2 aromatic heterocycles. The summed E-state index contributed by atoms with van der Waals surface area (Å²) < 4.78 is 71.4. The van der Waals surface area contributed by atoms with E-state index >= 15 is 0 Å². The Labute approximate surface area is 470 Å². The van der Waals surface area contributed by atoms with Crippen LogP contribution in [0.3, 0.4) is 0 Å². The van der Waals surface area contributed by atoms with E-state index in [0.717, 1.165) is 57.3 Å². The van der Waals surface area contributed by atoms with Crippen LogP contribution in [0.5, 0.6) is 11.5 Å². The number of ether oxygens (including phenoxy) is 2. The average Bonchev–Trinajstić information content (AvgIpc) is 1.33. The summed E-state index contributed by atoms with van der Waals surface area (Å²) in [6.45, 7) is 17.1. The number of benzene rings is 3. The molecule has 82 heavy (non-hydrogen) atoms. The van der Waals surface area contributed by atoms with Gasteiger partial charge in [-0.25, -0.2) is 28.0 Å². The van der Waals surface area contributed by atoms with E-state index in [1.54, 1.807) is 6.07 Å². The molecule has 0 bridgehead atoms. The fourth-order valence-corrected chi connectivity index (χ4v) is 14.9. The molecule has 10 N–H and O–H groups in total. The number of phosphoric ester groups is 2. The summed E-state index contributed by atoms with van der Waals surface area (Å²) in [5.41, 5.74) is 10.8. The van der Waals surface area contributed by atoms with Crippen molar-refractivity contribution in [3.8, 4) is 11.5 Å². The number of unbranched alkanes of at least 4 members (excludes halogenated alkanes) is 3. The van der Waals surface area contributed by atoms with E-state index in [-0.39, 0.29) is 52.3 Å². The number of aliphatic hydroxyl groups excluding tert-OH is 2. The highest BCUT2D eigenvalue weighted by molar-refractivity contribution is 7.66. The highest BCUT2D eigenvalue weighted by atomic mass is 31.3. The number of aromatic nitrogens is 4. The van der Waals surface area contributed by atoms with Gasteiger partial charge in [0.25, 0.3) is 11.5 Å². The second-order valence-corrected chi connectivity index (χ2v) is 26.0. The SMILES string of the molecule is CCN1c2cc3c(cc2C(C)=CC1(C)C)C(c1cc(C(=O)NCCCCCCOP(=O)(O)OP(=O)(O)OP(=O)(O)OC[C@H]2O[C@@H](n4cnc5c(=O)[nH]c(N)nc54)[C@H](O)[C@@H]2O)ccc1C(=O)O)=c1cc2c(cc1O3)=[N+](CC)C(C)(C)C=C2C. The van der Waals surface area contributed by atoms with Crippen LogP contribution < -0.4 is 41.4 Å². The third kappa shape index (κ3) is 12.1. The minimum atomic E-state index is -5.87. The van der Waals surface area contributed by atoms with E-state index in [1.807, 2.05) is 12.1 Å². The predicted molar refractivity (Wildman–Crippen MR) is 300 cm³/mol. The van der Waals surface area contributed by atoms with Gasteiger partial charge in [0.1, 0.15) is 36.4 Å². The molecule has 29 heteroatoms. The Kier molecular flexibility index (Phi) is 16.8. The van der Waals surface area contributed by atoms with Gasteiger partial charge in [-0.15, -0.1) is 0 Å². The van der Waals surface area contributed by atoms with E-state index in [9.17, 15) is 58.1 Å². The van der Waals surface area contributed by atoms with Gasteiger partial charge in [0.05, 0.1) is 36.7 Å². The second-order valence-electron chi connectivity index (χ2n) is 21.4. The lowest BCUT2D eigenvalue weighted by Gasteiger charge is -2.43. The Morgan fingerprint density at radius 1 is 0.854 bits per heavy atom. The summed E-state index contributed by atoms with van der Waals surface area (Å²) in [7, 11) is -16.9. The van der Waals surface area contributed by atoms with Crippen molar-refractivity contribution in [1.29, 1.82) is 0 Å². The molecule has 1 saturated heterocycles. The Bertz CT molecular complexity index is 3840. The summed E-state index contributed by atoms with van der Waals surface area (Å²) in [6, 6.07) is 12.7. The molecule has 3 unspecified atom stereocenters. The van der Waals surface area contributed by atoms with E-state index in [1.165, 1.54) is 12.1 Å². The topological polar surface area (TPSA) is 370 Å². The first-order chi connectivity index (χ1) is 38.4. The van der Waals surface area contributed by atoms with Crippen LogP contribution in [0.4, 0.5) is 11.6 Å². The molecule has 26 nitrogen and oxygen atoms in total. The summed E-state index contributed by atoms with van der Waals surface area (Å²) >= 11 is 0. The number of imidazole rings is 1. The van der Waals surface area contributed by atoms with Gasteiger partial charge in [0, 0.05) is 71.7 Å². The molecule has 4 aliphatic rings. The minimum Gasteiger partial charge on any atom is -0.478 e. The maximum Gasteiger partial charge on any atom is 0.490 e. The average molecular weight is 1200 g/mol. The zero-order valence-corrected chi connectivity index (χ0v) is 48.9. The number of carbonyl (C=O) groups is 2. The van der Waals surface area contributed by atoms with Crippen LogP contribution in [0.15, 0.2) is 65.7 Å². The molecule has 5 aromatic rings. The standard InChI is InChI=1S/C53H65N8O18P3/c1-9-60-37-22-39-35(20-32(37)28(3)24-52(60,5)6)42(36-21-33-29(4)25-53(7,8)61(10-2)38(33)23-40(36)76-39)34-19-30(15-16-31(34)50(66)67)47(64)55-17-13-11-12-14-18-74-80(68,69)78-82(72,73)79-81(70,71)75-26-41-44(62)45(63)49(77-41)59-27-56-43-46(59)57-51(54)58-48(43)65/h15-16,19-25,27,41,44-45,49,62-63H,9-14,17-18,26H2,1-8H3,(H7-,54,55,57,58,64,65,66,67,68,69,70,71,72,73)/p+1/t41-,44-,45-,49-/m1/s1. The van der Waals surface area contributed by atoms with Crippen molar-refractivity contribution < 1.29 is 80.4 Å². The number of rotatable bonds is 21. The number of carboxylic acid groups (broad SMARTS) is 1. The van der Waals surface area contributed by atoms with Crippen molar-refractivity contribution in [2.24, 2.45) is 0 Å². The summed E-state index contributed by atoms with van der Waals surface area (Å²) in [4.78, 5) is 82.1. The molecule has 4 aliphatic heterocycles. The summed E-state index contributed by atoms with van der Waals surface area (Å²) in [5, 5.41) is 36.5. The van der Waals surface area contributed by atoms with E-state index in [2.05, 4.69) is 123 Å². The Hall–Kier alpha value is -6.21.